The Morgan fingerprint density at radius 1 is 1.08 bits per heavy atom. The van der Waals surface area contributed by atoms with Crippen molar-refractivity contribution >= 4 is 5.69 Å². The molecule has 0 heterocycles. The third-order valence-corrected chi connectivity index (χ3v) is 1.99. The molecule has 0 radical (unpaired) electrons. The number of hydrogen-bond acceptors (Lipinski definition) is 3. The van der Waals surface area contributed by atoms with Crippen LogP contribution in [-0.2, 0) is 12.8 Å². The Balaban J connectivity index is 2.83. The maximum absolute atomic E-state index is 8.76. The summed E-state index contributed by atoms with van der Waals surface area (Å²) < 4.78 is 0. The van der Waals surface area contributed by atoms with Gasteiger partial charge in [0.1, 0.15) is 0 Å². The van der Waals surface area contributed by atoms with Gasteiger partial charge in [-0.3, -0.25) is 0 Å². The molecule has 3 nitrogen and oxygen atoms in total. The fraction of sp³-hybridized carbons (Fsp3) is 0.400. The highest BCUT2D eigenvalue weighted by Gasteiger charge is 2.00. The van der Waals surface area contributed by atoms with Crippen molar-refractivity contribution in [1.29, 1.82) is 0 Å². The summed E-state index contributed by atoms with van der Waals surface area (Å²) >= 11 is 0. The van der Waals surface area contributed by atoms with Gasteiger partial charge in [-0.2, -0.15) is 0 Å². The molecule has 72 valence electrons. The molecule has 0 aromatic heterocycles. The number of hydrogen-bond donors (Lipinski definition) is 3. The molecule has 4 N–H and O–H groups in total. The Labute approximate surface area is 77.8 Å². The smallest absolute Gasteiger partial charge is 0.0472 e. The summed E-state index contributed by atoms with van der Waals surface area (Å²) in [5, 5.41) is 17.5. The van der Waals surface area contributed by atoms with Gasteiger partial charge in [-0.15, -0.1) is 0 Å². The van der Waals surface area contributed by atoms with E-state index in [1.165, 1.54) is 0 Å². The number of aliphatic hydroxyl groups excluding tert-OH is 2. The fourth-order valence-electron chi connectivity index (χ4n) is 1.28. The summed E-state index contributed by atoms with van der Waals surface area (Å²) in [6.45, 7) is 0.245. The Morgan fingerprint density at radius 2 is 1.77 bits per heavy atom. The fourth-order valence-corrected chi connectivity index (χ4v) is 1.28. The normalized spacial score (nSPS) is 10.3. The monoisotopic (exact) mass is 181 g/mol. The van der Waals surface area contributed by atoms with Gasteiger partial charge >= 0.3 is 0 Å². The van der Waals surface area contributed by atoms with Crippen molar-refractivity contribution in [2.45, 2.75) is 12.8 Å². The molecule has 0 atom stereocenters. The maximum atomic E-state index is 8.76. The van der Waals surface area contributed by atoms with E-state index in [9.17, 15) is 0 Å². The molecule has 0 amide bonds. The average Bonchev–Trinajstić information content (AvgIpc) is 2.12. The predicted octanol–water partition coefficient (Wildman–Crippen LogP) is 0.338. The topological polar surface area (TPSA) is 66.5 Å². The second-order valence-corrected chi connectivity index (χ2v) is 2.98. The molecule has 0 unspecified atom stereocenters. The molecule has 0 aliphatic heterocycles. The van der Waals surface area contributed by atoms with E-state index in [2.05, 4.69) is 0 Å². The lowest BCUT2D eigenvalue weighted by molar-refractivity contribution is 0.298. The second-order valence-electron chi connectivity index (χ2n) is 2.98. The number of aliphatic hydroxyl groups is 2. The highest BCUT2D eigenvalue weighted by Crippen LogP contribution is 2.14. The van der Waals surface area contributed by atoms with E-state index in [-0.39, 0.29) is 13.2 Å². The first-order valence-electron chi connectivity index (χ1n) is 4.37. The molecule has 1 rings (SSSR count). The molecule has 0 saturated carbocycles. The van der Waals surface area contributed by atoms with Crippen LogP contribution in [0.25, 0.3) is 0 Å². The zero-order chi connectivity index (χ0) is 9.68. The van der Waals surface area contributed by atoms with Gasteiger partial charge in [0, 0.05) is 18.9 Å². The molecule has 0 spiro atoms. The van der Waals surface area contributed by atoms with E-state index in [4.69, 9.17) is 15.9 Å². The zero-order valence-corrected chi connectivity index (χ0v) is 7.53. The number of benzene rings is 1. The summed E-state index contributed by atoms with van der Waals surface area (Å²) in [7, 11) is 0. The van der Waals surface area contributed by atoms with Crippen LogP contribution in [0.5, 0.6) is 0 Å². The van der Waals surface area contributed by atoms with Crippen molar-refractivity contribution in [2.24, 2.45) is 0 Å². The van der Waals surface area contributed by atoms with Crippen LogP contribution in [0.1, 0.15) is 11.1 Å². The third kappa shape index (κ3) is 2.72. The minimum absolute atomic E-state index is 0.104. The number of anilines is 1. The van der Waals surface area contributed by atoms with Crippen molar-refractivity contribution in [3.05, 3.63) is 29.3 Å². The molecule has 0 fully saturated rings. The van der Waals surface area contributed by atoms with Gasteiger partial charge in [-0.1, -0.05) is 12.1 Å². The molecule has 13 heavy (non-hydrogen) atoms. The minimum Gasteiger partial charge on any atom is -0.399 e. The van der Waals surface area contributed by atoms with Gasteiger partial charge in [-0.05, 0) is 30.0 Å². The first-order chi connectivity index (χ1) is 6.27. The summed E-state index contributed by atoms with van der Waals surface area (Å²) in [5.74, 6) is 0. The van der Waals surface area contributed by atoms with E-state index in [0.29, 0.717) is 18.5 Å². The van der Waals surface area contributed by atoms with Gasteiger partial charge in [0.05, 0.1) is 0 Å². The zero-order valence-electron chi connectivity index (χ0n) is 7.53. The Hall–Kier alpha value is -1.06. The third-order valence-electron chi connectivity index (χ3n) is 1.99. The van der Waals surface area contributed by atoms with E-state index in [1.54, 1.807) is 0 Å². The minimum atomic E-state index is 0.104. The van der Waals surface area contributed by atoms with Crippen molar-refractivity contribution in [3.63, 3.8) is 0 Å². The van der Waals surface area contributed by atoms with Crippen LogP contribution in [0, 0.1) is 0 Å². The van der Waals surface area contributed by atoms with Crippen LogP contribution in [0.4, 0.5) is 5.69 Å². The van der Waals surface area contributed by atoms with Gasteiger partial charge in [0.25, 0.3) is 0 Å². The Morgan fingerprint density at radius 3 is 2.38 bits per heavy atom. The molecular formula is C10H15NO2. The molecule has 0 aliphatic rings. The van der Waals surface area contributed by atoms with Crippen molar-refractivity contribution < 1.29 is 10.2 Å². The van der Waals surface area contributed by atoms with Gasteiger partial charge in [-0.25, -0.2) is 0 Å². The van der Waals surface area contributed by atoms with E-state index < -0.39 is 0 Å². The van der Waals surface area contributed by atoms with Gasteiger partial charge in [0.2, 0.25) is 0 Å². The maximum Gasteiger partial charge on any atom is 0.0472 e. The van der Waals surface area contributed by atoms with Crippen LogP contribution in [0.15, 0.2) is 18.2 Å². The van der Waals surface area contributed by atoms with Crippen molar-refractivity contribution in [3.8, 4) is 0 Å². The van der Waals surface area contributed by atoms with Gasteiger partial charge < -0.3 is 15.9 Å². The Kier molecular flexibility index (Phi) is 3.73. The number of rotatable bonds is 4. The van der Waals surface area contributed by atoms with Crippen LogP contribution in [0.3, 0.4) is 0 Å². The molecule has 0 saturated heterocycles. The van der Waals surface area contributed by atoms with Crippen LogP contribution in [-0.4, -0.2) is 23.4 Å². The first kappa shape index (κ1) is 10.0. The summed E-state index contributed by atoms with van der Waals surface area (Å²) in [5.41, 5.74) is 8.41. The molecule has 1 aromatic carbocycles. The molecule has 0 bridgehead atoms. The SMILES string of the molecule is Nc1ccc(CCO)cc1CCO. The van der Waals surface area contributed by atoms with Crippen LogP contribution in [0.2, 0.25) is 0 Å². The lowest BCUT2D eigenvalue weighted by Gasteiger charge is -2.06. The van der Waals surface area contributed by atoms with E-state index in [1.807, 2.05) is 18.2 Å². The van der Waals surface area contributed by atoms with E-state index >= 15 is 0 Å². The molecule has 3 heteroatoms. The van der Waals surface area contributed by atoms with Gasteiger partial charge in [0.15, 0.2) is 0 Å². The largest absolute Gasteiger partial charge is 0.399 e. The summed E-state index contributed by atoms with van der Waals surface area (Å²) in [4.78, 5) is 0. The molecule has 1 aromatic rings. The van der Waals surface area contributed by atoms with E-state index in [0.717, 1.165) is 11.1 Å². The average molecular weight is 181 g/mol. The van der Waals surface area contributed by atoms with Crippen LogP contribution >= 0.6 is 0 Å². The van der Waals surface area contributed by atoms with Crippen LogP contribution < -0.4 is 5.73 Å². The number of nitrogen functional groups attached to an aromatic ring is 1. The summed E-state index contributed by atoms with van der Waals surface area (Å²) in [6, 6.07) is 5.64. The Bertz CT molecular complexity index is 274. The standard InChI is InChI=1S/C10H15NO2/c11-10-2-1-8(3-5-12)7-9(10)4-6-13/h1-2,7,12-13H,3-6,11H2. The molecule has 0 aliphatic carbocycles. The lowest BCUT2D eigenvalue weighted by Crippen LogP contribution is -2.00. The van der Waals surface area contributed by atoms with Crippen molar-refractivity contribution in [1.82, 2.24) is 0 Å². The highest BCUT2D eigenvalue weighted by molar-refractivity contribution is 5.48. The quantitative estimate of drug-likeness (QED) is 0.587. The first-order valence-corrected chi connectivity index (χ1v) is 4.37. The summed E-state index contributed by atoms with van der Waals surface area (Å²) in [6.07, 6.45) is 1.21. The second kappa shape index (κ2) is 4.84. The lowest BCUT2D eigenvalue weighted by atomic mass is 10.0. The molecular weight excluding hydrogens is 166 g/mol. The predicted molar refractivity (Wildman–Crippen MR) is 52.4 cm³/mol. The van der Waals surface area contributed by atoms with Crippen molar-refractivity contribution in [2.75, 3.05) is 18.9 Å². The highest BCUT2D eigenvalue weighted by atomic mass is 16.3. The number of nitrogens with two attached hydrogens (primary N) is 1.